The summed E-state index contributed by atoms with van der Waals surface area (Å²) in [7, 11) is 1.32. The average Bonchev–Trinajstić information content (AvgIpc) is 3.29. The molecule has 2 aromatic carbocycles. The molecule has 10 heteroatoms. The van der Waals surface area contributed by atoms with Crippen molar-refractivity contribution in [2.75, 3.05) is 11.9 Å². The topological polar surface area (TPSA) is 112 Å². The van der Waals surface area contributed by atoms with Gasteiger partial charge < -0.3 is 5.11 Å². The maximum absolute atomic E-state index is 14.1. The number of Topliss-reactive ketones (excluding diaryl/α,β-unsaturated/α-hetero) is 1. The molecule has 1 N–H and O–H groups in total. The van der Waals surface area contributed by atoms with Crippen molar-refractivity contribution in [1.82, 2.24) is 4.90 Å². The summed E-state index contributed by atoms with van der Waals surface area (Å²) < 4.78 is 0. The molecule has 4 amide bonds. The van der Waals surface area contributed by atoms with Crippen molar-refractivity contribution >= 4 is 58.3 Å². The number of nitrogens with zero attached hydrogens (tertiary/aromatic N) is 2. The molecular formula is C32H28Cl2N2O6. The van der Waals surface area contributed by atoms with Crippen LogP contribution in [0.4, 0.5) is 5.69 Å². The zero-order valence-corrected chi connectivity index (χ0v) is 24.5. The van der Waals surface area contributed by atoms with Crippen LogP contribution in [-0.2, 0) is 25.6 Å². The molecule has 1 saturated carbocycles. The van der Waals surface area contributed by atoms with Gasteiger partial charge in [0.05, 0.1) is 17.5 Å². The first-order valence-corrected chi connectivity index (χ1v) is 14.4. The van der Waals surface area contributed by atoms with Crippen LogP contribution in [0, 0.1) is 17.8 Å². The fourth-order valence-corrected chi connectivity index (χ4v) is 8.36. The number of allylic oxidation sites excluding steroid dienone is 3. The maximum Gasteiger partial charge on any atom is 0.253 e. The number of fused-ring (bicyclic) bond motifs is 4. The van der Waals surface area contributed by atoms with Crippen molar-refractivity contribution in [3.05, 3.63) is 83.5 Å². The van der Waals surface area contributed by atoms with E-state index in [4.69, 9.17) is 23.2 Å². The van der Waals surface area contributed by atoms with Crippen molar-refractivity contribution in [1.29, 1.82) is 0 Å². The number of phenolic OH excluding ortho intramolecular Hbond substituents is 1. The molecular weight excluding hydrogens is 579 g/mol. The summed E-state index contributed by atoms with van der Waals surface area (Å²) in [5.41, 5.74) is 2.25. The molecule has 2 heterocycles. The van der Waals surface area contributed by atoms with Crippen LogP contribution in [0.25, 0.3) is 0 Å². The van der Waals surface area contributed by atoms with E-state index in [0.717, 1.165) is 9.80 Å². The molecule has 0 spiro atoms. The Hall–Kier alpha value is -3.75. The first-order valence-electron chi connectivity index (χ1n) is 13.7. The number of alkyl halides is 2. The van der Waals surface area contributed by atoms with Gasteiger partial charge in [-0.3, -0.25) is 33.8 Å². The number of hydrogen-bond donors (Lipinski definition) is 1. The number of benzene rings is 2. The van der Waals surface area contributed by atoms with Crippen LogP contribution in [0.3, 0.4) is 0 Å². The molecule has 3 fully saturated rings. The van der Waals surface area contributed by atoms with Crippen LogP contribution < -0.4 is 4.90 Å². The summed E-state index contributed by atoms with van der Waals surface area (Å²) in [4.78, 5) is 65.0. The normalized spacial score (nSPS) is 32.0. The van der Waals surface area contributed by atoms with Crippen molar-refractivity contribution in [3.63, 3.8) is 0 Å². The average molecular weight is 607 g/mol. The zero-order chi connectivity index (χ0) is 30.3. The maximum atomic E-state index is 14.1. The Bertz CT molecular complexity index is 1630. The highest BCUT2D eigenvalue weighted by Crippen LogP contribution is 2.66. The van der Waals surface area contributed by atoms with E-state index >= 15 is 0 Å². The van der Waals surface area contributed by atoms with Gasteiger partial charge in [0.2, 0.25) is 11.8 Å². The fraction of sp³-hybridized carbons (Fsp3) is 0.344. The number of carbonyl (C=O) groups is 5. The van der Waals surface area contributed by atoms with Gasteiger partial charge in [-0.15, -0.1) is 29.8 Å². The fourth-order valence-electron chi connectivity index (χ4n) is 7.35. The van der Waals surface area contributed by atoms with E-state index in [1.54, 1.807) is 48.5 Å². The van der Waals surface area contributed by atoms with Gasteiger partial charge in [0.15, 0.2) is 15.5 Å². The van der Waals surface area contributed by atoms with Gasteiger partial charge in [-0.1, -0.05) is 35.9 Å². The Morgan fingerprint density at radius 2 is 1.74 bits per heavy atom. The van der Waals surface area contributed by atoms with Crippen molar-refractivity contribution in [2.45, 2.75) is 41.9 Å². The number of amides is 4. The molecule has 0 bridgehead atoms. The second-order valence-electron chi connectivity index (χ2n) is 11.5. The number of hydrogen-bond acceptors (Lipinski definition) is 6. The number of carbonyl (C=O) groups excluding carboxylic acids is 5. The van der Waals surface area contributed by atoms with E-state index in [9.17, 15) is 29.1 Å². The zero-order valence-electron chi connectivity index (χ0n) is 23.0. The van der Waals surface area contributed by atoms with Gasteiger partial charge in [0.1, 0.15) is 5.75 Å². The number of ketones is 1. The second-order valence-corrected chi connectivity index (χ2v) is 12.7. The first kappa shape index (κ1) is 28.4. The lowest BCUT2D eigenvalue weighted by atomic mass is 9.56. The van der Waals surface area contributed by atoms with Gasteiger partial charge in [-0.05, 0) is 61.9 Å². The predicted molar refractivity (Wildman–Crippen MR) is 156 cm³/mol. The van der Waals surface area contributed by atoms with Gasteiger partial charge in [0, 0.05) is 24.1 Å². The molecule has 0 radical (unpaired) electrons. The lowest BCUT2D eigenvalue weighted by Gasteiger charge is -2.50. The van der Waals surface area contributed by atoms with Crippen molar-refractivity contribution < 1.29 is 29.1 Å². The number of rotatable bonds is 5. The van der Waals surface area contributed by atoms with Gasteiger partial charge in [-0.25, -0.2) is 0 Å². The highest BCUT2D eigenvalue weighted by molar-refractivity contribution is 6.53. The Morgan fingerprint density at radius 3 is 2.38 bits per heavy atom. The summed E-state index contributed by atoms with van der Waals surface area (Å²) in [5, 5.41) is 11.4. The molecule has 2 aliphatic heterocycles. The van der Waals surface area contributed by atoms with Gasteiger partial charge >= 0.3 is 0 Å². The van der Waals surface area contributed by atoms with Crippen LogP contribution >= 0.6 is 23.2 Å². The quantitative estimate of drug-likeness (QED) is 0.232. The van der Waals surface area contributed by atoms with E-state index in [1.807, 2.05) is 6.08 Å². The summed E-state index contributed by atoms with van der Waals surface area (Å²) in [6, 6.07) is 11.3. The molecule has 4 aliphatic rings. The Labute approximate surface area is 252 Å². The molecule has 2 aliphatic carbocycles. The number of likely N-dealkylation sites (tertiary alicyclic amines) is 1. The van der Waals surface area contributed by atoms with E-state index in [-0.39, 0.29) is 30.3 Å². The monoisotopic (exact) mass is 606 g/mol. The summed E-state index contributed by atoms with van der Waals surface area (Å²) in [6.45, 7) is 5.18. The molecule has 2 saturated heterocycles. The van der Waals surface area contributed by atoms with Crippen LogP contribution in [0.15, 0.2) is 66.8 Å². The number of anilines is 1. The third-order valence-electron chi connectivity index (χ3n) is 9.37. The Kier molecular flexibility index (Phi) is 6.51. The molecule has 2 aromatic rings. The van der Waals surface area contributed by atoms with Crippen LogP contribution in [0.5, 0.6) is 5.75 Å². The Morgan fingerprint density at radius 1 is 1.05 bits per heavy atom. The third kappa shape index (κ3) is 3.57. The minimum atomic E-state index is -1.98. The van der Waals surface area contributed by atoms with Crippen LogP contribution in [-0.4, -0.2) is 56.2 Å². The minimum Gasteiger partial charge on any atom is -0.507 e. The number of imide groups is 2. The van der Waals surface area contributed by atoms with Crippen LogP contribution in [0.1, 0.15) is 47.2 Å². The molecule has 216 valence electrons. The number of phenols is 1. The molecule has 6 rings (SSSR count). The lowest BCUT2D eigenvalue weighted by molar-refractivity contribution is -0.138. The van der Waals surface area contributed by atoms with Crippen LogP contribution in [0.2, 0.25) is 0 Å². The minimum absolute atomic E-state index is 0.0964. The summed E-state index contributed by atoms with van der Waals surface area (Å²) in [6.07, 6.45) is 3.86. The standard InChI is InChI=1S/C32H28Cl2N2O6/c1-4-6-18-7-5-8-22(26(18)38)25-20-13-14-21-24(23(20)15-31(33)29(41)35(3)30(42)32(25,31)34)28(40)36(27(21)39)19-11-9-17(10-12-19)16(2)37/h4-5,7-13,21,23-25,38H,1,6,14-15H2,2-3H3. The molecule has 8 nitrogen and oxygen atoms in total. The molecule has 42 heavy (non-hydrogen) atoms. The Balaban J connectivity index is 1.50. The van der Waals surface area contributed by atoms with Crippen molar-refractivity contribution in [3.8, 4) is 5.75 Å². The molecule has 0 aromatic heterocycles. The summed E-state index contributed by atoms with van der Waals surface area (Å²) >= 11 is 14.4. The SMILES string of the molecule is C=CCc1cccc(C2C3=CCC4C(=O)N(c5ccc(C(C)=O)cc5)C(=O)C4C3CC3(Cl)C(=O)N(C)C(=O)C23Cl)c1O. The summed E-state index contributed by atoms with van der Waals surface area (Å²) in [5.74, 6) is -5.79. The highest BCUT2D eigenvalue weighted by Gasteiger charge is 2.76. The first-order chi connectivity index (χ1) is 19.9. The lowest BCUT2D eigenvalue weighted by Crippen LogP contribution is -2.60. The van der Waals surface area contributed by atoms with E-state index in [1.165, 1.54) is 14.0 Å². The van der Waals surface area contributed by atoms with Gasteiger partial charge in [-0.2, -0.15) is 0 Å². The smallest absolute Gasteiger partial charge is 0.253 e. The van der Waals surface area contributed by atoms with E-state index < -0.39 is 51.1 Å². The number of halogens is 2. The van der Waals surface area contributed by atoms with Crippen molar-refractivity contribution in [2.24, 2.45) is 17.8 Å². The van der Waals surface area contributed by atoms with Gasteiger partial charge in [0.25, 0.3) is 11.8 Å². The second kappa shape index (κ2) is 9.64. The molecule has 6 unspecified atom stereocenters. The molecule has 6 atom stereocenters. The van der Waals surface area contributed by atoms with E-state index in [2.05, 4.69) is 6.58 Å². The number of aromatic hydroxyl groups is 1. The largest absolute Gasteiger partial charge is 0.507 e. The highest BCUT2D eigenvalue weighted by atomic mass is 35.5. The number of para-hydroxylation sites is 1. The third-order valence-corrected chi connectivity index (χ3v) is 10.8. The van der Waals surface area contributed by atoms with E-state index in [0.29, 0.717) is 34.4 Å². The predicted octanol–water partition coefficient (Wildman–Crippen LogP) is 4.52.